The van der Waals surface area contributed by atoms with E-state index in [0.29, 0.717) is 5.01 Å². The third-order valence-electron chi connectivity index (χ3n) is 0.622. The second-order valence-electron chi connectivity index (χ2n) is 1.08. The molecule has 0 rings (SSSR count). The fourth-order valence-corrected chi connectivity index (χ4v) is 0.206. The summed E-state index contributed by atoms with van der Waals surface area (Å²) in [7, 11) is 1.35. The summed E-state index contributed by atoms with van der Waals surface area (Å²) in [6.45, 7) is 0. The molecule has 0 aliphatic rings. The van der Waals surface area contributed by atoms with Crippen LogP contribution in [0.4, 0.5) is 0 Å². The first-order valence-electron chi connectivity index (χ1n) is 2.01. The van der Waals surface area contributed by atoms with Gasteiger partial charge in [-0.05, 0) is 0 Å². The third kappa shape index (κ3) is 1.73. The lowest BCUT2D eigenvalue weighted by molar-refractivity contribution is 0.605. The first kappa shape index (κ1) is 7.36. The maximum absolute atomic E-state index is 9.63. The first-order chi connectivity index (χ1) is 4.26. The molecule has 0 aromatic carbocycles. The van der Waals surface area contributed by atoms with E-state index in [9.17, 15) is 4.91 Å². The molecule has 9 heavy (non-hydrogen) atoms. The third-order valence-corrected chi connectivity index (χ3v) is 0.622. The summed E-state index contributed by atoms with van der Waals surface area (Å²) in [5, 5.41) is 10.7. The predicted octanol–water partition coefficient (Wildman–Crippen LogP) is -0.605. The van der Waals surface area contributed by atoms with Crippen LogP contribution in [-0.4, -0.2) is 18.0 Å². The van der Waals surface area contributed by atoms with E-state index in [0.717, 1.165) is 0 Å². The molecule has 6 nitrogen and oxygen atoms in total. The Balaban J connectivity index is 4.16. The molecule has 0 aliphatic heterocycles. The van der Waals surface area contributed by atoms with E-state index >= 15 is 0 Å². The van der Waals surface area contributed by atoms with Crippen molar-refractivity contribution in [3.8, 4) is 6.19 Å². The number of nitroso groups, excluding NO2 is 1. The van der Waals surface area contributed by atoms with Gasteiger partial charge in [0.1, 0.15) is 0 Å². The molecule has 6 heteroatoms. The van der Waals surface area contributed by atoms with Gasteiger partial charge in [-0.1, -0.05) is 5.01 Å². The summed E-state index contributed by atoms with van der Waals surface area (Å²) >= 11 is 0. The van der Waals surface area contributed by atoms with E-state index in [1.54, 1.807) is 0 Å². The average Bonchev–Trinajstić information content (AvgIpc) is 1.90. The molecular formula is C3H5N5O. The van der Waals surface area contributed by atoms with Gasteiger partial charge in [0.15, 0.2) is 0 Å². The normalized spacial score (nSPS) is 10.0. The van der Waals surface area contributed by atoms with Gasteiger partial charge in [-0.2, -0.15) is 5.26 Å². The van der Waals surface area contributed by atoms with Crippen molar-refractivity contribution in [3.63, 3.8) is 0 Å². The number of guanidine groups is 1. The molecule has 2 N–H and O–H groups in total. The Morgan fingerprint density at radius 1 is 1.89 bits per heavy atom. The Labute approximate surface area is 51.5 Å². The number of rotatable bonds is 1. The zero-order chi connectivity index (χ0) is 7.28. The molecule has 0 amide bonds. The van der Waals surface area contributed by atoms with Crippen LogP contribution in [0.3, 0.4) is 0 Å². The Hall–Kier alpha value is -1.64. The summed E-state index contributed by atoms with van der Waals surface area (Å²) in [5.41, 5.74) is 5.00. The summed E-state index contributed by atoms with van der Waals surface area (Å²) in [4.78, 5) is 13.0. The molecule has 0 saturated carbocycles. The van der Waals surface area contributed by atoms with E-state index in [1.165, 1.54) is 13.2 Å². The van der Waals surface area contributed by atoms with Crippen LogP contribution in [0.2, 0.25) is 0 Å². The van der Waals surface area contributed by atoms with Crippen molar-refractivity contribution in [1.82, 2.24) is 5.01 Å². The minimum Gasteiger partial charge on any atom is -0.367 e. The molecule has 0 bridgehead atoms. The second kappa shape index (κ2) is 3.37. The van der Waals surface area contributed by atoms with Crippen molar-refractivity contribution in [2.45, 2.75) is 0 Å². The topological polar surface area (TPSA) is 94.8 Å². The van der Waals surface area contributed by atoms with E-state index < -0.39 is 0 Å². The predicted molar refractivity (Wildman–Crippen MR) is 30.8 cm³/mol. The van der Waals surface area contributed by atoms with E-state index in [-0.39, 0.29) is 5.96 Å². The second-order valence-corrected chi connectivity index (χ2v) is 1.08. The summed E-state index contributed by atoms with van der Waals surface area (Å²) in [6.07, 6.45) is 1.40. The van der Waals surface area contributed by atoms with Gasteiger partial charge in [-0.15, -0.1) is 4.91 Å². The number of nitriles is 1. The van der Waals surface area contributed by atoms with Crippen molar-refractivity contribution in [2.75, 3.05) is 7.05 Å². The Morgan fingerprint density at radius 3 is 2.56 bits per heavy atom. The minimum atomic E-state index is -0.215. The molecule has 0 unspecified atom stereocenters. The lowest BCUT2D eigenvalue weighted by atomic mass is 10.9. The van der Waals surface area contributed by atoms with Gasteiger partial charge in [-0.3, -0.25) is 4.99 Å². The number of nitrogens with two attached hydrogens (primary N) is 1. The average molecular weight is 127 g/mol. The largest absolute Gasteiger partial charge is 0.367 e. The van der Waals surface area contributed by atoms with Crippen LogP contribution in [0.5, 0.6) is 0 Å². The molecule has 0 atom stereocenters. The first-order valence-corrected chi connectivity index (χ1v) is 2.01. The molecule has 0 aromatic rings. The SMILES string of the molecule is CN=C(N)N(C#N)N=O. The standard InChI is InChI=1S/C3H5N5O/c1-6-3(5)8(2-4)7-9/h1H3,(H2,5,6). The highest BCUT2D eigenvalue weighted by molar-refractivity contribution is 5.78. The highest BCUT2D eigenvalue weighted by atomic mass is 16.3. The van der Waals surface area contributed by atoms with Crippen molar-refractivity contribution in [1.29, 1.82) is 5.26 Å². The zero-order valence-corrected chi connectivity index (χ0v) is 4.77. The maximum atomic E-state index is 9.63. The van der Waals surface area contributed by atoms with Crippen LogP contribution in [0.25, 0.3) is 0 Å². The number of nitrogens with zero attached hydrogens (tertiary/aromatic N) is 4. The quantitative estimate of drug-likeness (QED) is 0.127. The highest BCUT2D eigenvalue weighted by Crippen LogP contribution is 1.82. The molecule has 48 valence electrons. The van der Waals surface area contributed by atoms with Gasteiger partial charge < -0.3 is 5.73 Å². The molecule has 0 radical (unpaired) electrons. The lowest BCUT2D eigenvalue weighted by Crippen LogP contribution is -2.28. The van der Waals surface area contributed by atoms with Gasteiger partial charge in [0.2, 0.25) is 12.2 Å². The molecule has 0 spiro atoms. The van der Waals surface area contributed by atoms with Gasteiger partial charge in [0, 0.05) is 7.05 Å². The van der Waals surface area contributed by atoms with E-state index in [1.807, 2.05) is 0 Å². The van der Waals surface area contributed by atoms with Crippen molar-refractivity contribution in [3.05, 3.63) is 4.91 Å². The lowest BCUT2D eigenvalue weighted by Gasteiger charge is -1.99. The highest BCUT2D eigenvalue weighted by Gasteiger charge is 2.02. The molecule has 0 fully saturated rings. The van der Waals surface area contributed by atoms with Crippen molar-refractivity contribution in [2.24, 2.45) is 16.0 Å². The Kier molecular flexibility index (Phi) is 2.76. The van der Waals surface area contributed by atoms with Crippen LogP contribution in [0, 0.1) is 16.4 Å². The monoisotopic (exact) mass is 127 g/mol. The molecular weight excluding hydrogens is 122 g/mol. The van der Waals surface area contributed by atoms with Crippen molar-refractivity contribution < 1.29 is 0 Å². The summed E-state index contributed by atoms with van der Waals surface area (Å²) in [6, 6.07) is 0. The fraction of sp³-hybridized carbons (Fsp3) is 0.333. The number of hydrogen-bond donors (Lipinski definition) is 1. The zero-order valence-electron chi connectivity index (χ0n) is 4.77. The van der Waals surface area contributed by atoms with Crippen LogP contribution < -0.4 is 5.73 Å². The van der Waals surface area contributed by atoms with Crippen LogP contribution >= 0.6 is 0 Å². The molecule has 0 aromatic heterocycles. The van der Waals surface area contributed by atoms with Gasteiger partial charge in [-0.25, -0.2) is 0 Å². The molecule has 0 aliphatic carbocycles. The molecule has 0 saturated heterocycles. The van der Waals surface area contributed by atoms with Gasteiger partial charge in [0.25, 0.3) is 0 Å². The summed E-state index contributed by atoms with van der Waals surface area (Å²) < 4.78 is 0. The number of hydrogen-bond acceptors (Lipinski definition) is 4. The van der Waals surface area contributed by atoms with E-state index in [4.69, 9.17) is 11.0 Å². The van der Waals surface area contributed by atoms with Crippen LogP contribution in [0.1, 0.15) is 0 Å². The summed E-state index contributed by atoms with van der Waals surface area (Å²) in [5.74, 6) is -0.215. The maximum Gasteiger partial charge on any atom is 0.230 e. The van der Waals surface area contributed by atoms with Crippen molar-refractivity contribution >= 4 is 5.96 Å². The Bertz CT molecular complexity index is 168. The fourth-order valence-electron chi connectivity index (χ4n) is 0.206. The van der Waals surface area contributed by atoms with E-state index in [2.05, 4.69) is 10.3 Å². The number of aliphatic imine (C=N–C) groups is 1. The minimum absolute atomic E-state index is 0.215. The Morgan fingerprint density at radius 2 is 2.44 bits per heavy atom. The van der Waals surface area contributed by atoms with Crippen LogP contribution in [0.15, 0.2) is 10.3 Å². The van der Waals surface area contributed by atoms with Crippen LogP contribution in [-0.2, 0) is 0 Å². The van der Waals surface area contributed by atoms with Gasteiger partial charge in [0.05, 0.1) is 5.29 Å². The van der Waals surface area contributed by atoms with Gasteiger partial charge >= 0.3 is 0 Å². The molecule has 0 heterocycles. The smallest absolute Gasteiger partial charge is 0.230 e.